The number of aryl methyl sites for hydroxylation is 1. The molecule has 1 aromatic heterocycles. The van der Waals surface area contributed by atoms with Crippen molar-refractivity contribution in [2.45, 2.75) is 31.3 Å². The third kappa shape index (κ3) is 5.84. The standard InChI is InChI=1S/C23H25N3O5S2/c1-5-16-6-8-17(9-7-16)20-14-32-23(24-20)25-21(27)15(2)31-22(28)18-10-12-19(13-11-18)33(29,30)26(3)4/h6-15H,5H2,1-4H3,(H,24,25,27). The van der Waals surface area contributed by atoms with E-state index in [4.69, 9.17) is 4.74 Å². The first-order chi connectivity index (χ1) is 15.6. The number of nitrogens with zero attached hydrogens (tertiary/aromatic N) is 2. The van der Waals surface area contributed by atoms with Crippen LogP contribution >= 0.6 is 11.3 Å². The van der Waals surface area contributed by atoms with Gasteiger partial charge in [-0.05, 0) is 43.2 Å². The summed E-state index contributed by atoms with van der Waals surface area (Å²) in [5, 5.41) is 4.90. The highest BCUT2D eigenvalue weighted by molar-refractivity contribution is 7.89. The average molecular weight is 488 g/mol. The van der Waals surface area contributed by atoms with Crippen LogP contribution in [0.1, 0.15) is 29.8 Å². The van der Waals surface area contributed by atoms with Gasteiger partial charge in [-0.3, -0.25) is 10.1 Å². The Labute approximate surface area is 197 Å². The van der Waals surface area contributed by atoms with Crippen molar-refractivity contribution in [3.8, 4) is 11.3 Å². The average Bonchev–Trinajstić information content (AvgIpc) is 3.27. The molecule has 10 heteroatoms. The Morgan fingerprint density at radius 3 is 2.30 bits per heavy atom. The minimum Gasteiger partial charge on any atom is -0.449 e. The lowest BCUT2D eigenvalue weighted by Gasteiger charge is -2.13. The lowest BCUT2D eigenvalue weighted by atomic mass is 10.1. The van der Waals surface area contributed by atoms with E-state index in [0.717, 1.165) is 22.0 Å². The molecule has 0 spiro atoms. The van der Waals surface area contributed by atoms with E-state index in [9.17, 15) is 18.0 Å². The van der Waals surface area contributed by atoms with Crippen LogP contribution in [0.5, 0.6) is 0 Å². The van der Waals surface area contributed by atoms with E-state index in [1.807, 2.05) is 29.6 Å². The number of ether oxygens (including phenoxy) is 1. The molecule has 0 bridgehead atoms. The number of hydrogen-bond donors (Lipinski definition) is 1. The van der Waals surface area contributed by atoms with Crippen molar-refractivity contribution in [3.63, 3.8) is 0 Å². The predicted octanol–water partition coefficient (Wildman–Crippen LogP) is 3.81. The second kappa shape index (κ2) is 10.2. The van der Waals surface area contributed by atoms with Gasteiger partial charge in [0, 0.05) is 25.0 Å². The molecule has 1 N–H and O–H groups in total. The Morgan fingerprint density at radius 2 is 1.73 bits per heavy atom. The quantitative estimate of drug-likeness (QED) is 0.485. The number of carbonyl (C=O) groups excluding carboxylic acids is 2. The molecule has 0 aliphatic rings. The van der Waals surface area contributed by atoms with Gasteiger partial charge < -0.3 is 4.74 Å². The van der Waals surface area contributed by atoms with E-state index >= 15 is 0 Å². The van der Waals surface area contributed by atoms with Crippen molar-refractivity contribution in [3.05, 3.63) is 65.0 Å². The van der Waals surface area contributed by atoms with E-state index in [1.165, 1.54) is 62.2 Å². The summed E-state index contributed by atoms with van der Waals surface area (Å²) in [6.45, 7) is 3.54. The van der Waals surface area contributed by atoms with Crippen LogP contribution in [0.2, 0.25) is 0 Å². The number of benzene rings is 2. The highest BCUT2D eigenvalue weighted by Gasteiger charge is 2.22. The number of hydrogen-bond acceptors (Lipinski definition) is 7. The molecule has 1 amide bonds. The zero-order valence-corrected chi connectivity index (χ0v) is 20.4. The lowest BCUT2D eigenvalue weighted by molar-refractivity contribution is -0.123. The van der Waals surface area contributed by atoms with Crippen LogP contribution in [-0.2, 0) is 26.0 Å². The number of nitrogens with one attached hydrogen (secondary N) is 1. The molecule has 0 saturated carbocycles. The van der Waals surface area contributed by atoms with Gasteiger partial charge in [0.05, 0.1) is 16.2 Å². The van der Waals surface area contributed by atoms with Crippen molar-refractivity contribution in [2.75, 3.05) is 19.4 Å². The van der Waals surface area contributed by atoms with Gasteiger partial charge in [0.1, 0.15) is 0 Å². The molecule has 1 atom stereocenters. The first-order valence-electron chi connectivity index (χ1n) is 10.2. The molecule has 0 radical (unpaired) electrons. The Bertz CT molecular complexity index is 1230. The zero-order chi connectivity index (χ0) is 24.2. The van der Waals surface area contributed by atoms with E-state index < -0.39 is 28.0 Å². The number of amides is 1. The van der Waals surface area contributed by atoms with Gasteiger partial charge in [0.25, 0.3) is 5.91 Å². The highest BCUT2D eigenvalue weighted by Crippen LogP contribution is 2.25. The van der Waals surface area contributed by atoms with Crippen LogP contribution in [0.4, 0.5) is 5.13 Å². The van der Waals surface area contributed by atoms with Crippen LogP contribution < -0.4 is 5.32 Å². The summed E-state index contributed by atoms with van der Waals surface area (Å²) in [6.07, 6.45) is -0.118. The Kier molecular flexibility index (Phi) is 7.62. The molecule has 2 aromatic carbocycles. The smallest absolute Gasteiger partial charge is 0.338 e. The first-order valence-corrected chi connectivity index (χ1v) is 12.5. The molecule has 0 fully saturated rings. The number of esters is 1. The van der Waals surface area contributed by atoms with Gasteiger partial charge in [-0.15, -0.1) is 11.3 Å². The SMILES string of the molecule is CCc1ccc(-c2csc(NC(=O)C(C)OC(=O)c3ccc(S(=O)(=O)N(C)C)cc3)n2)cc1. The van der Waals surface area contributed by atoms with Crippen LogP contribution in [0.25, 0.3) is 11.3 Å². The third-order valence-corrected chi connectivity index (χ3v) is 7.50. The number of rotatable bonds is 8. The van der Waals surface area contributed by atoms with Gasteiger partial charge in [0.15, 0.2) is 11.2 Å². The summed E-state index contributed by atoms with van der Waals surface area (Å²) in [6, 6.07) is 13.4. The molecule has 8 nitrogen and oxygen atoms in total. The number of sulfonamides is 1. The third-order valence-electron chi connectivity index (χ3n) is 4.91. The maximum atomic E-state index is 12.5. The molecule has 0 saturated heterocycles. The van der Waals surface area contributed by atoms with E-state index in [2.05, 4.69) is 17.2 Å². The van der Waals surface area contributed by atoms with Gasteiger partial charge in [0.2, 0.25) is 10.0 Å². The summed E-state index contributed by atoms with van der Waals surface area (Å²) < 4.78 is 30.6. The predicted molar refractivity (Wildman–Crippen MR) is 128 cm³/mol. The Hall–Kier alpha value is -3.08. The molecule has 3 aromatic rings. The van der Waals surface area contributed by atoms with Crippen LogP contribution in [-0.4, -0.2) is 49.8 Å². The van der Waals surface area contributed by atoms with Gasteiger partial charge in [-0.2, -0.15) is 0 Å². The van der Waals surface area contributed by atoms with Crippen LogP contribution in [0.15, 0.2) is 58.8 Å². The summed E-state index contributed by atoms with van der Waals surface area (Å²) in [7, 11) is -0.757. The van der Waals surface area contributed by atoms with Crippen molar-refractivity contribution in [1.29, 1.82) is 0 Å². The summed E-state index contributed by atoms with van der Waals surface area (Å²) in [4.78, 5) is 29.3. The largest absolute Gasteiger partial charge is 0.449 e. The van der Waals surface area contributed by atoms with Gasteiger partial charge >= 0.3 is 5.97 Å². The van der Waals surface area contributed by atoms with E-state index in [1.54, 1.807) is 0 Å². The number of carbonyl (C=O) groups is 2. The van der Waals surface area contributed by atoms with Gasteiger partial charge in [-0.25, -0.2) is 22.5 Å². The molecule has 1 heterocycles. The molecule has 1 unspecified atom stereocenters. The molecular formula is C23H25N3O5S2. The second-order valence-electron chi connectivity index (χ2n) is 7.44. The fourth-order valence-electron chi connectivity index (χ4n) is 2.84. The topological polar surface area (TPSA) is 106 Å². The maximum absolute atomic E-state index is 12.5. The van der Waals surface area contributed by atoms with E-state index in [-0.39, 0.29) is 10.5 Å². The maximum Gasteiger partial charge on any atom is 0.338 e. The minimum atomic E-state index is -3.60. The molecule has 3 rings (SSSR count). The fourth-order valence-corrected chi connectivity index (χ4v) is 4.46. The number of anilines is 1. The number of aromatic nitrogens is 1. The van der Waals surface area contributed by atoms with Crippen molar-refractivity contribution in [1.82, 2.24) is 9.29 Å². The first kappa shape index (κ1) is 24.6. The van der Waals surface area contributed by atoms with Gasteiger partial charge in [-0.1, -0.05) is 31.2 Å². The van der Waals surface area contributed by atoms with Crippen LogP contribution in [0, 0.1) is 0 Å². The zero-order valence-electron chi connectivity index (χ0n) is 18.7. The second-order valence-corrected chi connectivity index (χ2v) is 10.4. The Balaban J connectivity index is 1.60. The summed E-state index contributed by atoms with van der Waals surface area (Å²) >= 11 is 1.28. The molecule has 0 aliphatic heterocycles. The van der Waals surface area contributed by atoms with E-state index in [0.29, 0.717) is 5.13 Å². The highest BCUT2D eigenvalue weighted by atomic mass is 32.2. The van der Waals surface area contributed by atoms with Crippen molar-refractivity contribution < 1.29 is 22.7 Å². The fraction of sp³-hybridized carbons (Fsp3) is 0.261. The van der Waals surface area contributed by atoms with Crippen LogP contribution in [0.3, 0.4) is 0 Å². The molecule has 174 valence electrons. The summed E-state index contributed by atoms with van der Waals surface area (Å²) in [5.41, 5.74) is 3.06. The molecule has 0 aliphatic carbocycles. The van der Waals surface area contributed by atoms with Crippen molar-refractivity contribution in [2.24, 2.45) is 0 Å². The molecular weight excluding hydrogens is 462 g/mol. The van der Waals surface area contributed by atoms with Crippen molar-refractivity contribution >= 4 is 38.4 Å². The normalized spacial score (nSPS) is 12.4. The monoisotopic (exact) mass is 487 g/mol. The lowest BCUT2D eigenvalue weighted by Crippen LogP contribution is -2.30. The summed E-state index contributed by atoms with van der Waals surface area (Å²) in [5.74, 6) is -1.25. The minimum absolute atomic E-state index is 0.0544. The Morgan fingerprint density at radius 1 is 1.09 bits per heavy atom. The number of thiazole rings is 1. The molecule has 33 heavy (non-hydrogen) atoms.